The second kappa shape index (κ2) is 7.44. The topological polar surface area (TPSA) is 93.1 Å². The second-order valence-electron chi connectivity index (χ2n) is 6.59. The van der Waals surface area contributed by atoms with E-state index in [0.29, 0.717) is 33.6 Å². The van der Waals surface area contributed by atoms with E-state index < -0.39 is 11.8 Å². The molecule has 0 saturated carbocycles. The van der Waals surface area contributed by atoms with Crippen LogP contribution in [0.1, 0.15) is 28.2 Å². The molecule has 2 amide bonds. The number of nitrogens with one attached hydrogen (secondary N) is 2. The smallest absolute Gasteiger partial charge is 0.269 e. The third-order valence-electron chi connectivity index (χ3n) is 4.70. The number of fused-ring (bicyclic) bond motifs is 2. The van der Waals surface area contributed by atoms with Gasteiger partial charge in [-0.1, -0.05) is 29.8 Å². The van der Waals surface area contributed by atoms with Crippen LogP contribution in [0.2, 0.25) is 5.02 Å². The number of rotatable bonds is 3. The van der Waals surface area contributed by atoms with Crippen molar-refractivity contribution in [3.8, 4) is 0 Å². The molecule has 8 heteroatoms. The molecule has 0 saturated heterocycles. The van der Waals surface area contributed by atoms with Gasteiger partial charge in [-0.2, -0.15) is 0 Å². The molecule has 0 spiro atoms. The molecule has 1 aliphatic rings. The molecule has 0 radical (unpaired) electrons. The lowest BCUT2D eigenvalue weighted by molar-refractivity contribution is -0.121. The maximum Gasteiger partial charge on any atom is 0.269 e. The van der Waals surface area contributed by atoms with Gasteiger partial charge in [0.2, 0.25) is 5.91 Å². The van der Waals surface area contributed by atoms with Crippen LogP contribution in [-0.2, 0) is 24.2 Å². The fourth-order valence-corrected chi connectivity index (χ4v) is 3.49. The summed E-state index contributed by atoms with van der Waals surface area (Å²) in [6.45, 7) is 0.677. The Morgan fingerprint density at radius 2 is 1.96 bits per heavy atom. The number of hydrazine groups is 1. The Bertz CT molecular complexity index is 1160. The van der Waals surface area contributed by atoms with Gasteiger partial charge < -0.3 is 0 Å². The van der Waals surface area contributed by atoms with Crippen LogP contribution < -0.4 is 16.4 Å². The fraction of sp³-hybridized carbons (Fsp3) is 0.200. The summed E-state index contributed by atoms with van der Waals surface area (Å²) >= 11 is 6.03. The first-order valence-electron chi connectivity index (χ1n) is 8.89. The van der Waals surface area contributed by atoms with Crippen LogP contribution in [0.5, 0.6) is 0 Å². The molecule has 0 aliphatic carbocycles. The number of carbonyl (C=O) groups excluding carboxylic acids is 2. The number of aryl methyl sites for hydroxylation is 1. The van der Waals surface area contributed by atoms with Crippen molar-refractivity contribution < 1.29 is 9.59 Å². The van der Waals surface area contributed by atoms with Gasteiger partial charge in [-0.15, -0.1) is 0 Å². The van der Waals surface area contributed by atoms with Crippen molar-refractivity contribution in [2.45, 2.75) is 25.8 Å². The molecule has 1 aliphatic heterocycles. The highest BCUT2D eigenvalue weighted by Gasteiger charge is 2.17. The van der Waals surface area contributed by atoms with Gasteiger partial charge >= 0.3 is 0 Å². The largest absolute Gasteiger partial charge is 0.296 e. The number of nitrogens with zero attached hydrogens (tertiary/aromatic N) is 2. The molecule has 2 N–H and O–H groups in total. The summed E-state index contributed by atoms with van der Waals surface area (Å²) in [5, 5.41) is 0.966. The minimum atomic E-state index is -0.489. The number of hydrogen-bond donors (Lipinski definition) is 2. The van der Waals surface area contributed by atoms with Gasteiger partial charge in [0.25, 0.3) is 11.5 Å². The fourth-order valence-electron chi connectivity index (χ4n) is 3.28. The van der Waals surface area contributed by atoms with Gasteiger partial charge in [-0.3, -0.25) is 29.8 Å². The molecule has 3 aromatic rings. The summed E-state index contributed by atoms with van der Waals surface area (Å²) < 4.78 is 1.68. The normalized spacial score (nSPS) is 12.6. The van der Waals surface area contributed by atoms with E-state index in [9.17, 15) is 14.4 Å². The number of carbonyl (C=O) groups is 2. The van der Waals surface area contributed by atoms with Crippen LogP contribution in [0, 0.1) is 0 Å². The van der Waals surface area contributed by atoms with Crippen LogP contribution in [0.4, 0.5) is 0 Å². The SMILES string of the molecule is O=C(Cc1ccccc1Cl)NNC(=O)c1ccc2c(=O)n3c(nc2c1)CCC3. The molecule has 7 nitrogen and oxygen atoms in total. The number of halogens is 1. The van der Waals surface area contributed by atoms with Crippen molar-refractivity contribution in [2.24, 2.45) is 0 Å². The predicted octanol–water partition coefficient (Wildman–Crippen LogP) is 2.00. The Labute approximate surface area is 165 Å². The van der Waals surface area contributed by atoms with E-state index in [4.69, 9.17) is 11.6 Å². The highest BCUT2D eigenvalue weighted by Crippen LogP contribution is 2.17. The van der Waals surface area contributed by atoms with Gasteiger partial charge in [-0.25, -0.2) is 4.98 Å². The van der Waals surface area contributed by atoms with Crippen molar-refractivity contribution in [2.75, 3.05) is 0 Å². The maximum atomic E-state index is 12.5. The molecule has 4 rings (SSSR count). The molecule has 28 heavy (non-hydrogen) atoms. The molecular weight excluding hydrogens is 380 g/mol. The molecule has 142 valence electrons. The van der Waals surface area contributed by atoms with E-state index in [1.54, 1.807) is 47.0 Å². The highest BCUT2D eigenvalue weighted by molar-refractivity contribution is 6.31. The number of hydrogen-bond acceptors (Lipinski definition) is 4. The predicted molar refractivity (Wildman–Crippen MR) is 105 cm³/mol. The number of benzene rings is 2. The molecule has 2 heterocycles. The zero-order chi connectivity index (χ0) is 19.7. The quantitative estimate of drug-likeness (QED) is 0.662. The Kier molecular flexibility index (Phi) is 4.83. The summed E-state index contributed by atoms with van der Waals surface area (Å²) in [5.41, 5.74) is 6.12. The van der Waals surface area contributed by atoms with E-state index in [0.717, 1.165) is 18.7 Å². The second-order valence-corrected chi connectivity index (χ2v) is 7.00. The van der Waals surface area contributed by atoms with Gasteiger partial charge in [0.1, 0.15) is 5.82 Å². The molecule has 0 bridgehead atoms. The van der Waals surface area contributed by atoms with Gasteiger partial charge in [0.15, 0.2) is 0 Å². The zero-order valence-electron chi connectivity index (χ0n) is 14.9. The molecule has 0 unspecified atom stereocenters. The summed E-state index contributed by atoms with van der Waals surface area (Å²) in [5.74, 6) is -0.142. The summed E-state index contributed by atoms with van der Waals surface area (Å²) in [7, 11) is 0. The van der Waals surface area contributed by atoms with E-state index in [1.807, 2.05) is 0 Å². The third-order valence-corrected chi connectivity index (χ3v) is 5.07. The van der Waals surface area contributed by atoms with Crippen LogP contribution in [0.25, 0.3) is 10.9 Å². The zero-order valence-corrected chi connectivity index (χ0v) is 15.6. The lowest BCUT2D eigenvalue weighted by Crippen LogP contribution is -2.42. The Morgan fingerprint density at radius 1 is 1.14 bits per heavy atom. The van der Waals surface area contributed by atoms with Gasteiger partial charge in [0.05, 0.1) is 17.3 Å². The van der Waals surface area contributed by atoms with Crippen molar-refractivity contribution in [1.29, 1.82) is 0 Å². The number of amides is 2. The van der Waals surface area contributed by atoms with E-state index in [1.165, 1.54) is 0 Å². The third kappa shape index (κ3) is 3.48. The Balaban J connectivity index is 1.47. The molecule has 0 fully saturated rings. The first kappa shape index (κ1) is 18.2. The van der Waals surface area contributed by atoms with Crippen LogP contribution >= 0.6 is 11.6 Å². The van der Waals surface area contributed by atoms with Crippen molar-refractivity contribution in [3.05, 3.63) is 74.8 Å². The van der Waals surface area contributed by atoms with Crippen molar-refractivity contribution >= 4 is 34.3 Å². The monoisotopic (exact) mass is 396 g/mol. The summed E-state index contributed by atoms with van der Waals surface area (Å²) in [6.07, 6.45) is 1.69. The van der Waals surface area contributed by atoms with Crippen molar-refractivity contribution in [1.82, 2.24) is 20.4 Å². The average Bonchev–Trinajstić information content (AvgIpc) is 3.16. The first-order chi connectivity index (χ1) is 13.5. The standard InChI is InChI=1S/C20H17ClN4O3/c21-15-5-2-1-4-12(15)11-18(26)23-24-19(27)13-7-8-14-16(10-13)22-17-6-3-9-25(17)20(14)28/h1-2,4-5,7-8,10H,3,6,9,11H2,(H,23,26)(H,24,27). The van der Waals surface area contributed by atoms with E-state index in [2.05, 4.69) is 15.8 Å². The molecular formula is C20H17ClN4O3. The van der Waals surface area contributed by atoms with Crippen LogP contribution in [-0.4, -0.2) is 21.4 Å². The lowest BCUT2D eigenvalue weighted by atomic mass is 10.1. The molecule has 1 aromatic heterocycles. The van der Waals surface area contributed by atoms with Crippen LogP contribution in [0.15, 0.2) is 47.3 Å². The Hall–Kier alpha value is -3.19. The Morgan fingerprint density at radius 3 is 2.79 bits per heavy atom. The van der Waals surface area contributed by atoms with Crippen LogP contribution in [0.3, 0.4) is 0 Å². The highest BCUT2D eigenvalue weighted by atomic mass is 35.5. The summed E-state index contributed by atoms with van der Waals surface area (Å²) in [6, 6.07) is 11.7. The number of aromatic nitrogens is 2. The first-order valence-corrected chi connectivity index (χ1v) is 9.27. The molecule has 2 aromatic carbocycles. The minimum Gasteiger partial charge on any atom is -0.296 e. The van der Waals surface area contributed by atoms with Gasteiger partial charge in [-0.05, 0) is 36.2 Å². The maximum absolute atomic E-state index is 12.5. The van der Waals surface area contributed by atoms with E-state index in [-0.39, 0.29) is 12.0 Å². The van der Waals surface area contributed by atoms with E-state index >= 15 is 0 Å². The average molecular weight is 397 g/mol. The summed E-state index contributed by atoms with van der Waals surface area (Å²) in [4.78, 5) is 41.4. The van der Waals surface area contributed by atoms with Gasteiger partial charge in [0, 0.05) is 23.6 Å². The lowest BCUT2D eigenvalue weighted by Gasteiger charge is -2.09. The van der Waals surface area contributed by atoms with Crippen molar-refractivity contribution in [3.63, 3.8) is 0 Å². The molecule has 0 atom stereocenters. The minimum absolute atomic E-state index is 0.0438.